The second kappa shape index (κ2) is 6.07. The van der Waals surface area contributed by atoms with Gasteiger partial charge in [0.1, 0.15) is 11.5 Å². The van der Waals surface area contributed by atoms with Crippen LogP contribution >= 0.6 is 0 Å². The fraction of sp³-hybridized carbons (Fsp3) is 0.412. The number of hydrogen-bond acceptors (Lipinski definition) is 2. The van der Waals surface area contributed by atoms with Crippen molar-refractivity contribution < 1.29 is 4.42 Å². The van der Waals surface area contributed by atoms with E-state index in [4.69, 9.17) is 4.42 Å². The molecular formula is C17H23NO. The molecule has 1 unspecified atom stereocenters. The summed E-state index contributed by atoms with van der Waals surface area (Å²) in [6.07, 6.45) is 0.936. The lowest BCUT2D eigenvalue weighted by Crippen LogP contribution is -2.22. The van der Waals surface area contributed by atoms with Crippen molar-refractivity contribution >= 4 is 0 Å². The molecule has 0 aliphatic carbocycles. The largest absolute Gasteiger partial charge is 0.464 e. The zero-order valence-electron chi connectivity index (χ0n) is 12.3. The van der Waals surface area contributed by atoms with E-state index in [-0.39, 0.29) is 6.04 Å². The van der Waals surface area contributed by atoms with Crippen LogP contribution in [-0.2, 0) is 6.42 Å². The summed E-state index contributed by atoms with van der Waals surface area (Å²) >= 11 is 0. The van der Waals surface area contributed by atoms with Gasteiger partial charge in [-0.2, -0.15) is 0 Å². The third-order valence-corrected chi connectivity index (χ3v) is 3.46. The first-order valence-corrected chi connectivity index (χ1v) is 7.04. The summed E-state index contributed by atoms with van der Waals surface area (Å²) in [5.41, 5.74) is 3.90. The Morgan fingerprint density at radius 3 is 2.47 bits per heavy atom. The van der Waals surface area contributed by atoms with Crippen LogP contribution in [0.4, 0.5) is 0 Å². The normalized spacial score (nSPS) is 12.6. The minimum absolute atomic E-state index is 0.144. The molecule has 0 aliphatic heterocycles. The molecule has 1 atom stereocenters. The molecule has 0 saturated carbocycles. The Bertz CT molecular complexity index is 542. The lowest BCUT2D eigenvalue weighted by Gasteiger charge is -2.18. The maximum absolute atomic E-state index is 5.92. The number of nitrogens with one attached hydrogen (secondary N) is 1. The van der Waals surface area contributed by atoms with Gasteiger partial charge in [-0.25, -0.2) is 0 Å². The average Bonchev–Trinajstić information content (AvgIpc) is 2.85. The topological polar surface area (TPSA) is 25.2 Å². The van der Waals surface area contributed by atoms with Crippen LogP contribution < -0.4 is 5.32 Å². The predicted octanol–water partition coefficient (Wildman–Crippen LogP) is 4.16. The summed E-state index contributed by atoms with van der Waals surface area (Å²) < 4.78 is 5.92. The van der Waals surface area contributed by atoms with Crippen molar-refractivity contribution in [2.75, 3.05) is 6.54 Å². The highest BCUT2D eigenvalue weighted by atomic mass is 16.3. The summed E-state index contributed by atoms with van der Waals surface area (Å²) in [5.74, 6) is 2.05. The van der Waals surface area contributed by atoms with Crippen LogP contribution in [0.2, 0.25) is 0 Å². The molecule has 1 aromatic heterocycles. The molecule has 0 saturated heterocycles. The van der Waals surface area contributed by atoms with Crippen molar-refractivity contribution in [3.63, 3.8) is 0 Å². The van der Waals surface area contributed by atoms with E-state index < -0.39 is 0 Å². The van der Waals surface area contributed by atoms with Crippen molar-refractivity contribution in [2.45, 2.75) is 40.2 Å². The third kappa shape index (κ3) is 3.07. The van der Waals surface area contributed by atoms with Crippen molar-refractivity contribution in [1.29, 1.82) is 0 Å². The Morgan fingerprint density at radius 1 is 1.11 bits per heavy atom. The number of hydrogen-bond donors (Lipinski definition) is 1. The summed E-state index contributed by atoms with van der Waals surface area (Å²) in [6.45, 7) is 9.44. The Hall–Kier alpha value is -1.54. The van der Waals surface area contributed by atoms with Crippen molar-refractivity contribution in [3.05, 3.63) is 58.5 Å². The molecule has 2 aromatic rings. The number of aryl methyl sites for hydroxylation is 3. The van der Waals surface area contributed by atoms with Gasteiger partial charge in [0.15, 0.2) is 0 Å². The molecule has 0 radical (unpaired) electrons. The Morgan fingerprint density at radius 2 is 1.89 bits per heavy atom. The minimum atomic E-state index is 0.144. The van der Waals surface area contributed by atoms with Gasteiger partial charge in [0.2, 0.25) is 0 Å². The van der Waals surface area contributed by atoms with E-state index in [1.165, 1.54) is 16.7 Å². The summed E-state index contributed by atoms with van der Waals surface area (Å²) in [7, 11) is 0. The van der Waals surface area contributed by atoms with Gasteiger partial charge in [-0.3, -0.25) is 0 Å². The molecule has 0 aliphatic rings. The second-order valence-electron chi connectivity index (χ2n) is 5.01. The highest BCUT2D eigenvalue weighted by Gasteiger charge is 2.18. The molecule has 2 heteroatoms. The highest BCUT2D eigenvalue weighted by molar-refractivity contribution is 5.36. The van der Waals surface area contributed by atoms with Crippen LogP contribution in [0.15, 0.2) is 34.7 Å². The Kier molecular flexibility index (Phi) is 4.43. The van der Waals surface area contributed by atoms with Crippen molar-refractivity contribution in [3.8, 4) is 0 Å². The smallest absolute Gasteiger partial charge is 0.125 e. The van der Waals surface area contributed by atoms with E-state index >= 15 is 0 Å². The van der Waals surface area contributed by atoms with Gasteiger partial charge in [0.05, 0.1) is 6.04 Å². The molecule has 0 spiro atoms. The van der Waals surface area contributed by atoms with Crippen LogP contribution in [0.5, 0.6) is 0 Å². The number of furan rings is 1. The van der Waals surface area contributed by atoms with E-state index in [1.54, 1.807) is 0 Å². The van der Waals surface area contributed by atoms with E-state index in [1.807, 2.05) is 0 Å². The summed E-state index contributed by atoms with van der Waals surface area (Å²) in [4.78, 5) is 0. The molecule has 1 heterocycles. The van der Waals surface area contributed by atoms with Crippen LogP contribution in [0.3, 0.4) is 0 Å². The molecule has 102 valence electrons. The first-order valence-electron chi connectivity index (χ1n) is 7.04. The van der Waals surface area contributed by atoms with Crippen LogP contribution in [0.25, 0.3) is 0 Å². The highest BCUT2D eigenvalue weighted by Crippen LogP contribution is 2.27. The molecular weight excluding hydrogens is 234 g/mol. The molecule has 19 heavy (non-hydrogen) atoms. The lowest BCUT2D eigenvalue weighted by atomic mass is 9.97. The van der Waals surface area contributed by atoms with Gasteiger partial charge in [-0.1, -0.05) is 37.6 Å². The molecule has 2 rings (SSSR count). The van der Waals surface area contributed by atoms with Crippen LogP contribution in [-0.4, -0.2) is 6.54 Å². The fourth-order valence-corrected chi connectivity index (χ4v) is 2.46. The molecule has 1 aromatic carbocycles. The van der Waals surface area contributed by atoms with E-state index in [9.17, 15) is 0 Å². The average molecular weight is 257 g/mol. The van der Waals surface area contributed by atoms with Crippen molar-refractivity contribution in [1.82, 2.24) is 5.32 Å². The molecule has 2 nitrogen and oxygen atoms in total. The lowest BCUT2D eigenvalue weighted by molar-refractivity contribution is 0.425. The van der Waals surface area contributed by atoms with Gasteiger partial charge in [-0.15, -0.1) is 0 Å². The van der Waals surface area contributed by atoms with Crippen molar-refractivity contribution in [2.24, 2.45) is 0 Å². The van der Waals surface area contributed by atoms with Gasteiger partial charge >= 0.3 is 0 Å². The fourth-order valence-electron chi connectivity index (χ4n) is 2.46. The Balaban J connectivity index is 2.38. The van der Waals surface area contributed by atoms with Gasteiger partial charge in [0, 0.05) is 6.42 Å². The Labute approximate surface area is 115 Å². The van der Waals surface area contributed by atoms with Crippen LogP contribution in [0, 0.1) is 13.8 Å². The molecule has 1 N–H and O–H groups in total. The molecule has 0 bridgehead atoms. The zero-order chi connectivity index (χ0) is 13.8. The van der Waals surface area contributed by atoms with E-state index in [2.05, 4.69) is 63.3 Å². The standard InChI is InChI=1S/C17H23NO/c1-5-14-8-10-16(19-14)17(18-6-2)15-9-7-12(3)11-13(15)4/h7-11,17-18H,5-6H2,1-4H3. The number of rotatable bonds is 5. The second-order valence-corrected chi connectivity index (χ2v) is 5.01. The minimum Gasteiger partial charge on any atom is -0.464 e. The van der Waals surface area contributed by atoms with E-state index in [0.717, 1.165) is 24.5 Å². The van der Waals surface area contributed by atoms with Gasteiger partial charge in [0.25, 0.3) is 0 Å². The van der Waals surface area contributed by atoms with Gasteiger partial charge in [-0.05, 0) is 43.7 Å². The maximum Gasteiger partial charge on any atom is 0.125 e. The third-order valence-electron chi connectivity index (χ3n) is 3.46. The monoisotopic (exact) mass is 257 g/mol. The predicted molar refractivity (Wildman–Crippen MR) is 79.5 cm³/mol. The summed E-state index contributed by atoms with van der Waals surface area (Å²) in [6, 6.07) is 10.9. The maximum atomic E-state index is 5.92. The van der Waals surface area contributed by atoms with E-state index in [0.29, 0.717) is 0 Å². The first-order chi connectivity index (χ1) is 9.15. The number of benzene rings is 1. The molecule has 0 fully saturated rings. The molecule has 0 amide bonds. The van der Waals surface area contributed by atoms with Crippen LogP contribution in [0.1, 0.15) is 48.1 Å². The SMILES string of the molecule is CCNC(c1ccc(CC)o1)c1ccc(C)cc1C. The summed E-state index contributed by atoms with van der Waals surface area (Å²) in [5, 5.41) is 3.52. The quantitative estimate of drug-likeness (QED) is 0.870. The first kappa shape index (κ1) is 13.9. The van der Waals surface area contributed by atoms with Gasteiger partial charge < -0.3 is 9.73 Å². The zero-order valence-corrected chi connectivity index (χ0v) is 12.3.